The Morgan fingerprint density at radius 3 is 2.70 bits per heavy atom. The van der Waals surface area contributed by atoms with Gasteiger partial charge in [-0.25, -0.2) is 19.2 Å². The maximum absolute atomic E-state index is 13.6. The quantitative estimate of drug-likeness (QED) is 0.897. The second-order valence-electron chi connectivity index (χ2n) is 4.27. The number of aryl methyl sites for hydroxylation is 2. The normalized spacial score (nSPS) is 10.3. The number of carboxylic acids is 1. The minimum absolute atomic E-state index is 0.358. The number of benzene rings is 1. The van der Waals surface area contributed by atoms with Crippen LogP contribution in [0, 0.1) is 12.7 Å². The van der Waals surface area contributed by atoms with Gasteiger partial charge in [0.2, 0.25) is 0 Å². The Balaban J connectivity index is 2.28. The topological polar surface area (TPSA) is 75.1 Å². The third kappa shape index (κ3) is 3.09. The second-order valence-corrected chi connectivity index (χ2v) is 4.27. The predicted molar refractivity (Wildman–Crippen MR) is 72.8 cm³/mol. The standard InChI is InChI=1S/C14H14FN3O2/c1-3-9-7-13(17-8(2)16-9)18-10-4-5-11(14(19)20)12(15)6-10/h4-7H,3H2,1-2H3,(H,19,20)(H,16,17,18). The molecule has 0 spiro atoms. The first-order valence-electron chi connectivity index (χ1n) is 6.14. The molecule has 0 saturated carbocycles. The highest BCUT2D eigenvalue weighted by Gasteiger charge is 2.10. The third-order valence-corrected chi connectivity index (χ3v) is 2.73. The number of nitrogens with one attached hydrogen (secondary N) is 1. The van der Waals surface area contributed by atoms with Gasteiger partial charge in [-0.1, -0.05) is 6.92 Å². The van der Waals surface area contributed by atoms with E-state index >= 15 is 0 Å². The minimum Gasteiger partial charge on any atom is -0.478 e. The van der Waals surface area contributed by atoms with Gasteiger partial charge >= 0.3 is 5.97 Å². The molecule has 0 saturated heterocycles. The number of aromatic nitrogens is 2. The van der Waals surface area contributed by atoms with Crippen molar-refractivity contribution in [3.8, 4) is 0 Å². The summed E-state index contributed by atoms with van der Waals surface area (Å²) in [6, 6.07) is 5.62. The van der Waals surface area contributed by atoms with Gasteiger partial charge in [0.1, 0.15) is 17.5 Å². The number of halogens is 1. The van der Waals surface area contributed by atoms with E-state index in [1.165, 1.54) is 12.1 Å². The van der Waals surface area contributed by atoms with E-state index in [-0.39, 0.29) is 5.56 Å². The van der Waals surface area contributed by atoms with Crippen molar-refractivity contribution in [2.45, 2.75) is 20.3 Å². The lowest BCUT2D eigenvalue weighted by Gasteiger charge is -2.08. The van der Waals surface area contributed by atoms with E-state index in [1.807, 2.05) is 6.92 Å². The number of anilines is 2. The zero-order valence-corrected chi connectivity index (χ0v) is 11.1. The first kappa shape index (κ1) is 13.9. The molecule has 104 valence electrons. The van der Waals surface area contributed by atoms with Gasteiger partial charge in [-0.3, -0.25) is 0 Å². The summed E-state index contributed by atoms with van der Waals surface area (Å²) in [7, 11) is 0. The lowest BCUT2D eigenvalue weighted by atomic mass is 10.2. The van der Waals surface area contributed by atoms with Gasteiger partial charge in [-0.05, 0) is 31.5 Å². The Hall–Kier alpha value is -2.50. The molecule has 1 aromatic heterocycles. The van der Waals surface area contributed by atoms with Crippen LogP contribution in [-0.2, 0) is 6.42 Å². The van der Waals surface area contributed by atoms with Crippen molar-refractivity contribution < 1.29 is 14.3 Å². The van der Waals surface area contributed by atoms with Crippen molar-refractivity contribution in [1.82, 2.24) is 9.97 Å². The van der Waals surface area contributed by atoms with Crippen LogP contribution in [0.25, 0.3) is 0 Å². The number of carbonyl (C=O) groups is 1. The molecule has 0 fully saturated rings. The molecular formula is C14H14FN3O2. The molecular weight excluding hydrogens is 261 g/mol. The fraction of sp³-hybridized carbons (Fsp3) is 0.214. The van der Waals surface area contributed by atoms with E-state index in [0.29, 0.717) is 17.3 Å². The molecule has 2 N–H and O–H groups in total. The highest BCUT2D eigenvalue weighted by atomic mass is 19.1. The second kappa shape index (κ2) is 5.64. The van der Waals surface area contributed by atoms with Crippen LogP contribution in [0.15, 0.2) is 24.3 Å². The molecule has 0 bridgehead atoms. The van der Waals surface area contributed by atoms with E-state index in [9.17, 15) is 9.18 Å². The van der Waals surface area contributed by atoms with Crippen molar-refractivity contribution >= 4 is 17.5 Å². The molecule has 0 aliphatic carbocycles. The molecule has 0 radical (unpaired) electrons. The molecule has 0 atom stereocenters. The molecule has 0 aliphatic rings. The van der Waals surface area contributed by atoms with Crippen LogP contribution < -0.4 is 5.32 Å². The van der Waals surface area contributed by atoms with Gasteiger partial charge in [0, 0.05) is 17.4 Å². The zero-order valence-electron chi connectivity index (χ0n) is 11.1. The number of rotatable bonds is 4. The number of aromatic carboxylic acids is 1. The summed E-state index contributed by atoms with van der Waals surface area (Å²) >= 11 is 0. The maximum Gasteiger partial charge on any atom is 0.338 e. The lowest BCUT2D eigenvalue weighted by molar-refractivity contribution is 0.0692. The zero-order chi connectivity index (χ0) is 14.7. The van der Waals surface area contributed by atoms with Gasteiger partial charge in [-0.2, -0.15) is 0 Å². The number of nitrogens with zero attached hydrogens (tertiary/aromatic N) is 2. The van der Waals surface area contributed by atoms with Crippen LogP contribution in [0.3, 0.4) is 0 Å². The molecule has 0 unspecified atom stereocenters. The van der Waals surface area contributed by atoms with Gasteiger partial charge in [-0.15, -0.1) is 0 Å². The van der Waals surface area contributed by atoms with Crippen LogP contribution in [0.5, 0.6) is 0 Å². The van der Waals surface area contributed by atoms with Crippen LogP contribution in [0.2, 0.25) is 0 Å². The summed E-state index contributed by atoms with van der Waals surface area (Å²) in [5.74, 6) is -0.907. The Kier molecular flexibility index (Phi) is 3.93. The number of hydrogen-bond acceptors (Lipinski definition) is 4. The first-order chi connectivity index (χ1) is 9.49. The fourth-order valence-electron chi connectivity index (χ4n) is 1.79. The molecule has 0 amide bonds. The summed E-state index contributed by atoms with van der Waals surface area (Å²) in [5, 5.41) is 11.7. The molecule has 0 aliphatic heterocycles. The minimum atomic E-state index is -1.29. The van der Waals surface area contributed by atoms with Crippen molar-refractivity contribution in [3.05, 3.63) is 47.2 Å². The average Bonchev–Trinajstić information content (AvgIpc) is 2.37. The molecule has 1 heterocycles. The van der Waals surface area contributed by atoms with Crippen LogP contribution in [0.1, 0.15) is 28.8 Å². The summed E-state index contributed by atoms with van der Waals surface area (Å²) in [6.45, 7) is 3.76. The summed E-state index contributed by atoms with van der Waals surface area (Å²) in [4.78, 5) is 19.2. The molecule has 2 rings (SSSR count). The summed E-state index contributed by atoms with van der Waals surface area (Å²) in [5.41, 5.74) is 0.957. The Morgan fingerprint density at radius 2 is 2.10 bits per heavy atom. The summed E-state index contributed by atoms with van der Waals surface area (Å²) < 4.78 is 13.6. The van der Waals surface area contributed by atoms with E-state index in [1.54, 1.807) is 13.0 Å². The third-order valence-electron chi connectivity index (χ3n) is 2.73. The maximum atomic E-state index is 13.6. The van der Waals surface area contributed by atoms with Crippen LogP contribution >= 0.6 is 0 Å². The Bertz CT molecular complexity index is 659. The highest BCUT2D eigenvalue weighted by molar-refractivity contribution is 5.88. The molecule has 6 heteroatoms. The van der Waals surface area contributed by atoms with Crippen LogP contribution in [0.4, 0.5) is 15.9 Å². The van der Waals surface area contributed by atoms with E-state index in [4.69, 9.17) is 5.11 Å². The molecule has 5 nitrogen and oxygen atoms in total. The average molecular weight is 275 g/mol. The monoisotopic (exact) mass is 275 g/mol. The van der Waals surface area contributed by atoms with Crippen molar-refractivity contribution in [1.29, 1.82) is 0 Å². The lowest BCUT2D eigenvalue weighted by Crippen LogP contribution is -2.03. The molecule has 1 aromatic carbocycles. The van der Waals surface area contributed by atoms with E-state index in [2.05, 4.69) is 15.3 Å². The summed E-state index contributed by atoms with van der Waals surface area (Å²) in [6.07, 6.45) is 0.768. The highest BCUT2D eigenvalue weighted by Crippen LogP contribution is 2.19. The first-order valence-corrected chi connectivity index (χ1v) is 6.14. The van der Waals surface area contributed by atoms with Gasteiger partial charge in [0.15, 0.2) is 0 Å². The van der Waals surface area contributed by atoms with Crippen molar-refractivity contribution in [3.63, 3.8) is 0 Å². The van der Waals surface area contributed by atoms with Crippen LogP contribution in [-0.4, -0.2) is 21.0 Å². The Labute approximate surface area is 115 Å². The largest absolute Gasteiger partial charge is 0.478 e. The Morgan fingerprint density at radius 1 is 1.35 bits per heavy atom. The molecule has 2 aromatic rings. The molecule has 20 heavy (non-hydrogen) atoms. The van der Waals surface area contributed by atoms with E-state index in [0.717, 1.165) is 18.2 Å². The van der Waals surface area contributed by atoms with Gasteiger partial charge in [0.25, 0.3) is 0 Å². The van der Waals surface area contributed by atoms with Gasteiger partial charge < -0.3 is 10.4 Å². The number of hydrogen-bond donors (Lipinski definition) is 2. The van der Waals surface area contributed by atoms with Gasteiger partial charge in [0.05, 0.1) is 5.56 Å². The number of carboxylic acid groups (broad SMARTS) is 1. The predicted octanol–water partition coefficient (Wildman–Crippen LogP) is 2.93. The SMILES string of the molecule is CCc1cc(Nc2ccc(C(=O)O)c(F)c2)nc(C)n1. The van der Waals surface area contributed by atoms with E-state index < -0.39 is 11.8 Å². The van der Waals surface area contributed by atoms with Crippen molar-refractivity contribution in [2.24, 2.45) is 0 Å². The smallest absolute Gasteiger partial charge is 0.338 e. The fourth-order valence-corrected chi connectivity index (χ4v) is 1.79. The van der Waals surface area contributed by atoms with Crippen molar-refractivity contribution in [2.75, 3.05) is 5.32 Å².